The van der Waals surface area contributed by atoms with Crippen LogP contribution < -0.4 is 5.32 Å². The van der Waals surface area contributed by atoms with Gasteiger partial charge in [-0.2, -0.15) is 17.0 Å². The number of nitrogens with zero attached hydrogens (tertiary/aromatic N) is 3. The molecule has 0 radical (unpaired) electrons. The summed E-state index contributed by atoms with van der Waals surface area (Å²) in [4.78, 5) is 14.0. The van der Waals surface area contributed by atoms with Gasteiger partial charge in [-0.25, -0.2) is 4.79 Å². The molecule has 0 bridgehead atoms. The highest BCUT2D eigenvalue weighted by atomic mass is 79.9. The Hall–Kier alpha value is -1.16. The lowest BCUT2D eigenvalue weighted by Gasteiger charge is -2.35. The Morgan fingerprint density at radius 1 is 1.25 bits per heavy atom. The molecule has 1 heterocycles. The highest BCUT2D eigenvalue weighted by molar-refractivity contribution is 9.10. The van der Waals surface area contributed by atoms with Gasteiger partial charge in [-0.15, -0.1) is 0 Å². The summed E-state index contributed by atoms with van der Waals surface area (Å²) in [6, 6.07) is 7.47. The van der Waals surface area contributed by atoms with E-state index in [0.717, 1.165) is 10.0 Å². The molecule has 0 aliphatic carbocycles. The number of amides is 2. The minimum atomic E-state index is -3.42. The van der Waals surface area contributed by atoms with Crippen molar-refractivity contribution in [2.75, 3.05) is 40.3 Å². The lowest BCUT2D eigenvalue weighted by Crippen LogP contribution is -2.55. The van der Waals surface area contributed by atoms with Crippen molar-refractivity contribution in [3.05, 3.63) is 34.3 Å². The second-order valence-corrected chi connectivity index (χ2v) is 8.96. The summed E-state index contributed by atoms with van der Waals surface area (Å²) in [6.45, 7) is 3.29. The number of halogens is 1. The molecular weight excluding hydrogens is 396 g/mol. The van der Waals surface area contributed by atoms with Crippen LogP contribution in [0.25, 0.3) is 0 Å². The molecule has 0 aromatic heterocycles. The normalized spacial score (nSPS) is 17.8. The smallest absolute Gasteiger partial charge is 0.317 e. The number of carbonyl (C=O) groups excluding carboxylic acids is 1. The van der Waals surface area contributed by atoms with E-state index < -0.39 is 10.2 Å². The summed E-state index contributed by atoms with van der Waals surface area (Å²) in [5, 5.41) is 2.96. The van der Waals surface area contributed by atoms with E-state index in [1.54, 1.807) is 4.90 Å². The van der Waals surface area contributed by atoms with E-state index in [0.29, 0.717) is 26.2 Å². The molecule has 9 heteroatoms. The number of urea groups is 1. The van der Waals surface area contributed by atoms with E-state index in [1.807, 2.05) is 31.2 Å². The third-order valence-electron chi connectivity index (χ3n) is 4.00. The first-order valence-electron chi connectivity index (χ1n) is 7.70. The van der Waals surface area contributed by atoms with Crippen LogP contribution in [0.5, 0.6) is 0 Å². The maximum absolute atomic E-state index is 12.4. The summed E-state index contributed by atoms with van der Waals surface area (Å²) in [6.07, 6.45) is 0. The highest BCUT2D eigenvalue weighted by Crippen LogP contribution is 2.18. The number of benzene rings is 1. The number of piperazine rings is 1. The zero-order valence-electron chi connectivity index (χ0n) is 14.1. The van der Waals surface area contributed by atoms with Gasteiger partial charge in [0.25, 0.3) is 10.2 Å². The van der Waals surface area contributed by atoms with E-state index in [9.17, 15) is 13.2 Å². The number of carbonyl (C=O) groups is 1. The zero-order chi connectivity index (χ0) is 17.9. The van der Waals surface area contributed by atoms with Crippen LogP contribution in [0.3, 0.4) is 0 Å². The van der Waals surface area contributed by atoms with Gasteiger partial charge in [-0.3, -0.25) is 0 Å². The Bertz CT molecular complexity index is 688. The van der Waals surface area contributed by atoms with Gasteiger partial charge in [0.05, 0.1) is 6.04 Å². The third kappa shape index (κ3) is 4.47. The average molecular weight is 419 g/mol. The second-order valence-electron chi connectivity index (χ2n) is 5.90. The van der Waals surface area contributed by atoms with Gasteiger partial charge in [0.2, 0.25) is 0 Å². The molecule has 7 nitrogen and oxygen atoms in total. The Labute approximate surface area is 151 Å². The van der Waals surface area contributed by atoms with Crippen molar-refractivity contribution >= 4 is 32.2 Å². The van der Waals surface area contributed by atoms with Crippen LogP contribution in [-0.4, -0.2) is 68.2 Å². The molecule has 1 aliphatic heterocycles. The predicted octanol–water partition coefficient (Wildman–Crippen LogP) is 1.64. The second kappa shape index (κ2) is 7.81. The molecule has 1 aromatic rings. The fourth-order valence-electron chi connectivity index (χ4n) is 2.49. The maximum atomic E-state index is 12.4. The Balaban J connectivity index is 1.91. The molecule has 1 atom stereocenters. The van der Waals surface area contributed by atoms with E-state index in [1.165, 1.54) is 22.7 Å². The molecule has 2 rings (SSSR count). The van der Waals surface area contributed by atoms with Gasteiger partial charge >= 0.3 is 6.03 Å². The van der Waals surface area contributed by atoms with Crippen molar-refractivity contribution in [3.8, 4) is 0 Å². The summed E-state index contributed by atoms with van der Waals surface area (Å²) in [5.74, 6) is 0. The Morgan fingerprint density at radius 3 is 2.42 bits per heavy atom. The minimum Gasteiger partial charge on any atom is -0.331 e. The molecule has 1 aliphatic rings. The molecular formula is C15H23BrN4O3S. The Morgan fingerprint density at radius 2 is 1.88 bits per heavy atom. The van der Waals surface area contributed by atoms with E-state index in [-0.39, 0.29) is 12.1 Å². The van der Waals surface area contributed by atoms with Crippen molar-refractivity contribution in [1.29, 1.82) is 0 Å². The highest BCUT2D eigenvalue weighted by Gasteiger charge is 2.30. The van der Waals surface area contributed by atoms with Crippen LogP contribution in [0.15, 0.2) is 28.7 Å². The lowest BCUT2D eigenvalue weighted by atomic mass is 10.1. The predicted molar refractivity (Wildman–Crippen MR) is 96.8 cm³/mol. The van der Waals surface area contributed by atoms with Gasteiger partial charge < -0.3 is 10.2 Å². The number of nitrogens with one attached hydrogen (secondary N) is 1. The number of rotatable bonds is 4. The van der Waals surface area contributed by atoms with Gasteiger partial charge in [0.1, 0.15) is 0 Å². The summed E-state index contributed by atoms with van der Waals surface area (Å²) >= 11 is 3.42. The molecule has 2 amide bonds. The molecule has 1 fully saturated rings. The quantitative estimate of drug-likeness (QED) is 0.807. The van der Waals surface area contributed by atoms with Gasteiger partial charge in [0.15, 0.2) is 0 Å². The number of hydrogen-bond donors (Lipinski definition) is 1. The first kappa shape index (κ1) is 19.2. The molecule has 0 unspecified atom stereocenters. The van der Waals surface area contributed by atoms with Crippen molar-refractivity contribution < 1.29 is 13.2 Å². The van der Waals surface area contributed by atoms with Crippen LogP contribution >= 0.6 is 15.9 Å². The minimum absolute atomic E-state index is 0.126. The van der Waals surface area contributed by atoms with Crippen LogP contribution in [0.1, 0.15) is 18.5 Å². The zero-order valence-corrected chi connectivity index (χ0v) is 16.5. The molecule has 0 spiro atoms. The van der Waals surface area contributed by atoms with Crippen molar-refractivity contribution in [2.45, 2.75) is 13.0 Å². The largest absolute Gasteiger partial charge is 0.331 e. The SMILES string of the molecule is C[C@@H](NC(=O)N1CCN(S(=O)(=O)N(C)C)CC1)c1cccc(Br)c1. The van der Waals surface area contributed by atoms with Gasteiger partial charge in [0, 0.05) is 44.7 Å². The maximum Gasteiger partial charge on any atom is 0.317 e. The standard InChI is InChI=1S/C15H23BrN4O3S/c1-12(13-5-4-6-14(16)11-13)17-15(21)19-7-9-20(10-8-19)24(22,23)18(2)3/h4-6,11-12H,7-10H2,1-3H3,(H,17,21)/t12-/m1/s1. The molecule has 134 valence electrons. The topological polar surface area (TPSA) is 73.0 Å². The van der Waals surface area contributed by atoms with Gasteiger partial charge in [-0.1, -0.05) is 28.1 Å². The van der Waals surface area contributed by atoms with Crippen molar-refractivity contribution in [2.24, 2.45) is 0 Å². The lowest BCUT2D eigenvalue weighted by molar-refractivity contribution is 0.167. The van der Waals surface area contributed by atoms with Crippen LogP contribution in [-0.2, 0) is 10.2 Å². The van der Waals surface area contributed by atoms with Crippen molar-refractivity contribution in [1.82, 2.24) is 18.8 Å². The Kier molecular flexibility index (Phi) is 6.24. The number of hydrogen-bond acceptors (Lipinski definition) is 3. The first-order chi connectivity index (χ1) is 11.2. The van der Waals surface area contributed by atoms with E-state index >= 15 is 0 Å². The molecule has 0 saturated carbocycles. The average Bonchev–Trinajstić information content (AvgIpc) is 2.54. The van der Waals surface area contributed by atoms with Crippen LogP contribution in [0.2, 0.25) is 0 Å². The summed E-state index contributed by atoms with van der Waals surface area (Å²) < 4.78 is 27.7. The molecule has 1 aromatic carbocycles. The van der Waals surface area contributed by atoms with Crippen LogP contribution in [0, 0.1) is 0 Å². The van der Waals surface area contributed by atoms with Crippen LogP contribution in [0.4, 0.5) is 4.79 Å². The van der Waals surface area contributed by atoms with E-state index in [2.05, 4.69) is 21.2 Å². The molecule has 1 N–H and O–H groups in total. The van der Waals surface area contributed by atoms with Crippen molar-refractivity contribution in [3.63, 3.8) is 0 Å². The third-order valence-corrected chi connectivity index (χ3v) is 6.44. The van der Waals surface area contributed by atoms with E-state index in [4.69, 9.17) is 0 Å². The summed E-state index contributed by atoms with van der Waals surface area (Å²) in [7, 11) is -0.401. The van der Waals surface area contributed by atoms with Gasteiger partial charge in [-0.05, 0) is 24.6 Å². The first-order valence-corrected chi connectivity index (χ1v) is 9.89. The molecule has 1 saturated heterocycles. The molecule has 24 heavy (non-hydrogen) atoms. The monoisotopic (exact) mass is 418 g/mol. The fourth-order valence-corrected chi connectivity index (χ4v) is 3.99. The fraction of sp³-hybridized carbons (Fsp3) is 0.533. The summed E-state index contributed by atoms with van der Waals surface area (Å²) in [5.41, 5.74) is 1.01.